The number of ether oxygens (including phenoxy) is 1. The molecule has 0 aliphatic heterocycles. The van der Waals surface area contributed by atoms with Crippen LogP contribution < -0.4 is 5.32 Å². The summed E-state index contributed by atoms with van der Waals surface area (Å²) in [4.78, 5) is 24.2. The first kappa shape index (κ1) is 18.4. The Hall–Kier alpha value is -3.40. The molecule has 3 aromatic carbocycles. The second kappa shape index (κ2) is 8.32. The quantitative estimate of drug-likeness (QED) is 0.529. The summed E-state index contributed by atoms with van der Waals surface area (Å²) in [5, 5.41) is 4.88. The molecule has 3 aromatic rings. The third kappa shape index (κ3) is 4.82. The predicted molar refractivity (Wildman–Crippen MR) is 108 cm³/mol. The van der Waals surface area contributed by atoms with Gasteiger partial charge in [-0.2, -0.15) is 0 Å². The maximum atomic E-state index is 12.2. The van der Waals surface area contributed by atoms with Crippen LogP contribution in [-0.4, -0.2) is 18.0 Å². The van der Waals surface area contributed by atoms with Gasteiger partial charge in [0.15, 0.2) is 6.10 Å². The largest absolute Gasteiger partial charge is 0.449 e. The Labute approximate surface area is 158 Å². The SMILES string of the molecule is Cc1ccc(NC(=O)C(C)OC(=O)/C=C/c2cccc3ccccc23)cc1. The Morgan fingerprint density at radius 1 is 0.963 bits per heavy atom. The molecule has 0 bridgehead atoms. The van der Waals surface area contributed by atoms with Crippen molar-refractivity contribution in [2.24, 2.45) is 0 Å². The van der Waals surface area contributed by atoms with Gasteiger partial charge in [0.05, 0.1) is 0 Å². The highest BCUT2D eigenvalue weighted by Crippen LogP contribution is 2.19. The van der Waals surface area contributed by atoms with Crippen LogP contribution in [0.1, 0.15) is 18.1 Å². The Morgan fingerprint density at radius 2 is 1.67 bits per heavy atom. The molecule has 3 rings (SSSR count). The summed E-state index contributed by atoms with van der Waals surface area (Å²) in [5.74, 6) is -0.930. The fourth-order valence-electron chi connectivity index (χ4n) is 2.70. The third-order valence-corrected chi connectivity index (χ3v) is 4.20. The summed E-state index contributed by atoms with van der Waals surface area (Å²) in [6, 6.07) is 21.2. The number of benzene rings is 3. The smallest absolute Gasteiger partial charge is 0.331 e. The Balaban J connectivity index is 1.61. The second-order valence-corrected chi connectivity index (χ2v) is 6.34. The number of hydrogen-bond acceptors (Lipinski definition) is 3. The maximum absolute atomic E-state index is 12.2. The number of esters is 1. The van der Waals surface area contributed by atoms with E-state index < -0.39 is 12.1 Å². The normalized spacial score (nSPS) is 12.1. The monoisotopic (exact) mass is 359 g/mol. The molecule has 0 saturated heterocycles. The summed E-state index contributed by atoms with van der Waals surface area (Å²) >= 11 is 0. The minimum absolute atomic E-state index is 0.370. The van der Waals surface area contributed by atoms with E-state index >= 15 is 0 Å². The number of carbonyl (C=O) groups is 2. The average Bonchev–Trinajstić information content (AvgIpc) is 2.68. The highest BCUT2D eigenvalue weighted by molar-refractivity contribution is 5.98. The van der Waals surface area contributed by atoms with Crippen LogP contribution in [-0.2, 0) is 14.3 Å². The zero-order valence-electron chi connectivity index (χ0n) is 15.3. The van der Waals surface area contributed by atoms with E-state index in [2.05, 4.69) is 5.32 Å². The topological polar surface area (TPSA) is 55.4 Å². The van der Waals surface area contributed by atoms with Crippen molar-refractivity contribution < 1.29 is 14.3 Å². The van der Waals surface area contributed by atoms with Crippen molar-refractivity contribution in [1.82, 2.24) is 0 Å². The van der Waals surface area contributed by atoms with Gasteiger partial charge in [-0.3, -0.25) is 4.79 Å². The van der Waals surface area contributed by atoms with E-state index in [0.717, 1.165) is 21.9 Å². The Bertz CT molecular complexity index is 985. The molecule has 1 unspecified atom stereocenters. The zero-order chi connectivity index (χ0) is 19.2. The molecular weight excluding hydrogens is 338 g/mol. The van der Waals surface area contributed by atoms with Crippen LogP contribution in [0.5, 0.6) is 0 Å². The Kier molecular flexibility index (Phi) is 5.67. The van der Waals surface area contributed by atoms with Gasteiger partial charge in [-0.05, 0) is 48.4 Å². The van der Waals surface area contributed by atoms with Crippen LogP contribution in [0, 0.1) is 6.92 Å². The average molecular weight is 359 g/mol. The van der Waals surface area contributed by atoms with Crippen molar-refractivity contribution in [1.29, 1.82) is 0 Å². The van der Waals surface area contributed by atoms with Crippen LogP contribution in [0.25, 0.3) is 16.8 Å². The molecule has 136 valence electrons. The summed E-state index contributed by atoms with van der Waals surface area (Å²) in [7, 11) is 0. The molecule has 0 fully saturated rings. The molecule has 0 spiro atoms. The van der Waals surface area contributed by atoms with Gasteiger partial charge in [-0.1, -0.05) is 60.2 Å². The summed E-state index contributed by atoms with van der Waals surface area (Å²) in [5.41, 5.74) is 2.69. The van der Waals surface area contributed by atoms with E-state index in [0.29, 0.717) is 5.69 Å². The fraction of sp³-hybridized carbons (Fsp3) is 0.130. The van der Waals surface area contributed by atoms with E-state index in [4.69, 9.17) is 4.74 Å². The van der Waals surface area contributed by atoms with Crippen molar-refractivity contribution in [2.75, 3.05) is 5.32 Å². The highest BCUT2D eigenvalue weighted by atomic mass is 16.5. The summed E-state index contributed by atoms with van der Waals surface area (Å²) in [6.07, 6.45) is 2.16. The molecule has 0 aromatic heterocycles. The molecule has 0 aliphatic carbocycles. The van der Waals surface area contributed by atoms with Gasteiger partial charge in [0.25, 0.3) is 5.91 Å². The lowest BCUT2D eigenvalue weighted by atomic mass is 10.0. The van der Waals surface area contributed by atoms with E-state index in [9.17, 15) is 9.59 Å². The number of aryl methyl sites for hydroxylation is 1. The summed E-state index contributed by atoms with van der Waals surface area (Å²) in [6.45, 7) is 3.52. The van der Waals surface area contributed by atoms with Crippen LogP contribution in [0.3, 0.4) is 0 Å². The third-order valence-electron chi connectivity index (χ3n) is 4.20. The molecule has 4 heteroatoms. The number of rotatable bonds is 5. The number of nitrogens with one attached hydrogen (secondary N) is 1. The lowest BCUT2D eigenvalue weighted by Gasteiger charge is -2.12. The van der Waals surface area contributed by atoms with Gasteiger partial charge in [0.2, 0.25) is 0 Å². The van der Waals surface area contributed by atoms with Crippen LogP contribution in [0.2, 0.25) is 0 Å². The zero-order valence-corrected chi connectivity index (χ0v) is 15.3. The molecular formula is C23H21NO3. The standard InChI is InChI=1S/C23H21NO3/c1-16-10-13-20(14-11-16)24-23(26)17(2)27-22(25)15-12-19-8-5-7-18-6-3-4-9-21(18)19/h3-15,17H,1-2H3,(H,24,26)/b15-12+. The molecule has 1 N–H and O–H groups in total. The minimum Gasteiger partial charge on any atom is -0.449 e. The van der Waals surface area contributed by atoms with E-state index in [1.807, 2.05) is 73.7 Å². The number of hydrogen-bond donors (Lipinski definition) is 1. The molecule has 0 radical (unpaired) electrons. The van der Waals surface area contributed by atoms with Gasteiger partial charge in [-0.25, -0.2) is 4.79 Å². The lowest BCUT2D eigenvalue weighted by Crippen LogP contribution is -2.29. The lowest BCUT2D eigenvalue weighted by molar-refractivity contribution is -0.148. The van der Waals surface area contributed by atoms with Crippen molar-refractivity contribution >= 4 is 34.4 Å². The number of amides is 1. The fourth-order valence-corrected chi connectivity index (χ4v) is 2.70. The van der Waals surface area contributed by atoms with Gasteiger partial charge in [-0.15, -0.1) is 0 Å². The first-order valence-electron chi connectivity index (χ1n) is 8.77. The molecule has 0 heterocycles. The van der Waals surface area contributed by atoms with Gasteiger partial charge in [0, 0.05) is 11.8 Å². The van der Waals surface area contributed by atoms with Crippen LogP contribution in [0.15, 0.2) is 72.8 Å². The van der Waals surface area contributed by atoms with Crippen LogP contribution >= 0.6 is 0 Å². The van der Waals surface area contributed by atoms with Gasteiger partial charge >= 0.3 is 5.97 Å². The maximum Gasteiger partial charge on any atom is 0.331 e. The molecule has 1 atom stereocenters. The van der Waals surface area contributed by atoms with Crippen molar-refractivity contribution in [3.8, 4) is 0 Å². The number of fused-ring (bicyclic) bond motifs is 1. The van der Waals surface area contributed by atoms with E-state index in [-0.39, 0.29) is 5.91 Å². The molecule has 0 saturated carbocycles. The van der Waals surface area contributed by atoms with E-state index in [1.54, 1.807) is 13.0 Å². The predicted octanol–water partition coefficient (Wildman–Crippen LogP) is 4.73. The summed E-state index contributed by atoms with van der Waals surface area (Å²) < 4.78 is 5.20. The molecule has 27 heavy (non-hydrogen) atoms. The molecule has 1 amide bonds. The molecule has 4 nitrogen and oxygen atoms in total. The first-order chi connectivity index (χ1) is 13.0. The van der Waals surface area contributed by atoms with Crippen molar-refractivity contribution in [2.45, 2.75) is 20.0 Å². The van der Waals surface area contributed by atoms with Gasteiger partial charge in [0.1, 0.15) is 0 Å². The van der Waals surface area contributed by atoms with E-state index in [1.165, 1.54) is 6.08 Å². The first-order valence-corrected chi connectivity index (χ1v) is 8.77. The molecule has 0 aliphatic rings. The van der Waals surface area contributed by atoms with Crippen molar-refractivity contribution in [3.63, 3.8) is 0 Å². The number of anilines is 1. The second-order valence-electron chi connectivity index (χ2n) is 6.34. The van der Waals surface area contributed by atoms with Crippen molar-refractivity contribution in [3.05, 3.63) is 83.9 Å². The van der Waals surface area contributed by atoms with Gasteiger partial charge < -0.3 is 10.1 Å². The minimum atomic E-state index is -0.893. The highest BCUT2D eigenvalue weighted by Gasteiger charge is 2.16. The number of carbonyl (C=O) groups excluding carboxylic acids is 2. The van der Waals surface area contributed by atoms with Crippen LogP contribution in [0.4, 0.5) is 5.69 Å². The Morgan fingerprint density at radius 3 is 2.44 bits per heavy atom.